The minimum absolute atomic E-state index is 0.0135. The van der Waals surface area contributed by atoms with Gasteiger partial charge in [-0.25, -0.2) is 9.59 Å². The smallest absolute Gasteiger partial charge is 0.338 e. The standard InChI is InChI=1S/C28H36N2O4/c1-2-3-4-5-20-8-13-26(14-9-20)34-28(32)23-11-6-21(7-12-23)10-15-27(31)33-19-22-16-24(29)18-25(30)17-22/h6-7,10-12,15-18,20,26H,2-5,8-9,13-14,19,29-30H2,1H3/b15-10+. The molecule has 6 heteroatoms. The number of nitrogen functional groups attached to an aromatic ring is 2. The highest BCUT2D eigenvalue weighted by Crippen LogP contribution is 2.30. The number of unbranched alkanes of at least 4 members (excludes halogenated alkanes) is 2. The summed E-state index contributed by atoms with van der Waals surface area (Å²) in [5.74, 6) is 0.0174. The quantitative estimate of drug-likeness (QED) is 0.196. The van der Waals surface area contributed by atoms with E-state index in [2.05, 4.69) is 6.92 Å². The fourth-order valence-electron chi connectivity index (χ4n) is 4.37. The van der Waals surface area contributed by atoms with E-state index in [0.29, 0.717) is 16.9 Å². The molecule has 0 unspecified atom stereocenters. The van der Waals surface area contributed by atoms with E-state index in [1.54, 1.807) is 48.5 Å². The van der Waals surface area contributed by atoms with Crippen LogP contribution in [0.3, 0.4) is 0 Å². The van der Waals surface area contributed by atoms with Crippen LogP contribution in [0.15, 0.2) is 48.5 Å². The van der Waals surface area contributed by atoms with E-state index < -0.39 is 5.97 Å². The molecule has 0 spiro atoms. The molecule has 0 radical (unpaired) electrons. The summed E-state index contributed by atoms with van der Waals surface area (Å²) in [6, 6.07) is 12.1. The Morgan fingerprint density at radius 1 is 0.971 bits per heavy atom. The number of anilines is 2. The second-order valence-corrected chi connectivity index (χ2v) is 9.11. The molecule has 4 N–H and O–H groups in total. The average Bonchev–Trinajstić information content (AvgIpc) is 2.82. The largest absolute Gasteiger partial charge is 0.459 e. The third kappa shape index (κ3) is 8.25. The number of carbonyl (C=O) groups excluding carboxylic acids is 2. The molecule has 0 atom stereocenters. The molecule has 0 bridgehead atoms. The van der Waals surface area contributed by atoms with Crippen molar-refractivity contribution in [3.05, 3.63) is 65.2 Å². The number of rotatable bonds is 10. The average molecular weight is 465 g/mol. The zero-order valence-corrected chi connectivity index (χ0v) is 20.0. The monoisotopic (exact) mass is 464 g/mol. The Hall–Kier alpha value is -3.28. The molecule has 34 heavy (non-hydrogen) atoms. The van der Waals surface area contributed by atoms with Crippen molar-refractivity contribution in [3.63, 3.8) is 0 Å². The molecule has 0 amide bonds. The van der Waals surface area contributed by atoms with Gasteiger partial charge >= 0.3 is 11.9 Å². The van der Waals surface area contributed by atoms with Crippen LogP contribution in [-0.2, 0) is 20.9 Å². The Bertz CT molecular complexity index is 956. The van der Waals surface area contributed by atoms with Gasteiger partial charge < -0.3 is 20.9 Å². The zero-order chi connectivity index (χ0) is 24.3. The van der Waals surface area contributed by atoms with Crippen LogP contribution in [0, 0.1) is 5.92 Å². The minimum atomic E-state index is -0.477. The highest BCUT2D eigenvalue weighted by Gasteiger charge is 2.24. The molecule has 1 aliphatic rings. The lowest BCUT2D eigenvalue weighted by Gasteiger charge is -2.28. The SMILES string of the molecule is CCCCCC1CCC(OC(=O)c2ccc(/C=C/C(=O)OCc3cc(N)cc(N)c3)cc2)CC1. The van der Waals surface area contributed by atoms with Crippen LogP contribution in [0.1, 0.15) is 79.8 Å². The van der Waals surface area contributed by atoms with Crippen LogP contribution in [0.5, 0.6) is 0 Å². The van der Waals surface area contributed by atoms with Gasteiger partial charge in [0, 0.05) is 17.5 Å². The van der Waals surface area contributed by atoms with Crippen LogP contribution in [0.2, 0.25) is 0 Å². The van der Waals surface area contributed by atoms with Crippen molar-refractivity contribution in [1.29, 1.82) is 0 Å². The molecule has 1 aliphatic carbocycles. The van der Waals surface area contributed by atoms with Crippen LogP contribution >= 0.6 is 0 Å². The molecule has 3 rings (SSSR count). The molecule has 0 aliphatic heterocycles. The Kier molecular flexibility index (Phi) is 9.56. The van der Waals surface area contributed by atoms with Gasteiger partial charge in [0.15, 0.2) is 0 Å². The van der Waals surface area contributed by atoms with Crippen molar-refractivity contribution in [2.24, 2.45) is 5.92 Å². The van der Waals surface area contributed by atoms with Crippen molar-refractivity contribution in [3.8, 4) is 0 Å². The molecule has 0 heterocycles. The number of ether oxygens (including phenoxy) is 2. The van der Waals surface area contributed by atoms with E-state index in [9.17, 15) is 9.59 Å². The highest BCUT2D eigenvalue weighted by molar-refractivity contribution is 5.90. The predicted molar refractivity (Wildman–Crippen MR) is 136 cm³/mol. The van der Waals surface area contributed by atoms with Gasteiger partial charge in [0.05, 0.1) is 5.56 Å². The molecule has 1 saturated carbocycles. The summed E-state index contributed by atoms with van der Waals surface area (Å²) in [7, 11) is 0. The number of nitrogens with two attached hydrogens (primary N) is 2. The van der Waals surface area contributed by atoms with Crippen LogP contribution in [0.4, 0.5) is 11.4 Å². The topological polar surface area (TPSA) is 105 Å². The summed E-state index contributed by atoms with van der Waals surface area (Å²) in [6.45, 7) is 2.32. The molecule has 1 fully saturated rings. The lowest BCUT2D eigenvalue weighted by atomic mass is 9.84. The molecular formula is C28H36N2O4. The first kappa shape index (κ1) is 25.3. The number of hydrogen-bond donors (Lipinski definition) is 2. The fraction of sp³-hybridized carbons (Fsp3) is 0.429. The molecule has 182 valence electrons. The lowest BCUT2D eigenvalue weighted by molar-refractivity contribution is -0.138. The molecule has 6 nitrogen and oxygen atoms in total. The van der Waals surface area contributed by atoms with Crippen LogP contribution in [-0.4, -0.2) is 18.0 Å². The van der Waals surface area contributed by atoms with E-state index in [1.807, 2.05) is 0 Å². The van der Waals surface area contributed by atoms with Gasteiger partial charge in [-0.15, -0.1) is 0 Å². The summed E-state index contributed by atoms with van der Waals surface area (Å²) in [6.07, 6.45) is 12.4. The van der Waals surface area contributed by atoms with Gasteiger partial charge in [0.2, 0.25) is 0 Å². The third-order valence-corrected chi connectivity index (χ3v) is 6.26. The zero-order valence-electron chi connectivity index (χ0n) is 20.0. The minimum Gasteiger partial charge on any atom is -0.459 e. The van der Waals surface area contributed by atoms with Gasteiger partial charge in [-0.2, -0.15) is 0 Å². The van der Waals surface area contributed by atoms with E-state index in [1.165, 1.54) is 31.8 Å². The Labute approximate surface area is 202 Å². The molecule has 0 saturated heterocycles. The number of esters is 2. The summed E-state index contributed by atoms with van der Waals surface area (Å²) in [5.41, 5.74) is 14.6. The number of benzene rings is 2. The van der Waals surface area contributed by atoms with E-state index in [4.69, 9.17) is 20.9 Å². The van der Waals surface area contributed by atoms with Gasteiger partial charge in [-0.05, 0) is 79.1 Å². The van der Waals surface area contributed by atoms with Crippen molar-refractivity contribution >= 4 is 29.4 Å². The first-order chi connectivity index (χ1) is 16.4. The molecule has 2 aromatic rings. The first-order valence-corrected chi connectivity index (χ1v) is 12.2. The normalized spacial score (nSPS) is 18.0. The van der Waals surface area contributed by atoms with Crippen LogP contribution < -0.4 is 11.5 Å². The van der Waals surface area contributed by atoms with Crippen molar-refractivity contribution in [2.75, 3.05) is 11.5 Å². The summed E-state index contributed by atoms with van der Waals surface area (Å²) < 4.78 is 11.0. The Balaban J connectivity index is 1.42. The van der Waals surface area contributed by atoms with Crippen molar-refractivity contribution < 1.29 is 19.1 Å². The maximum atomic E-state index is 12.5. The Morgan fingerprint density at radius 2 is 1.65 bits per heavy atom. The second-order valence-electron chi connectivity index (χ2n) is 9.11. The summed E-state index contributed by atoms with van der Waals surface area (Å²) in [4.78, 5) is 24.5. The first-order valence-electron chi connectivity index (χ1n) is 12.2. The molecular weight excluding hydrogens is 428 g/mol. The van der Waals surface area contributed by atoms with E-state index >= 15 is 0 Å². The van der Waals surface area contributed by atoms with Gasteiger partial charge in [-0.3, -0.25) is 0 Å². The van der Waals surface area contributed by atoms with Crippen molar-refractivity contribution in [2.45, 2.75) is 71.0 Å². The maximum absolute atomic E-state index is 12.5. The van der Waals surface area contributed by atoms with Crippen molar-refractivity contribution in [1.82, 2.24) is 0 Å². The maximum Gasteiger partial charge on any atom is 0.338 e. The molecule has 2 aromatic carbocycles. The predicted octanol–water partition coefficient (Wildman–Crippen LogP) is 5.90. The van der Waals surface area contributed by atoms with E-state index in [0.717, 1.165) is 42.7 Å². The van der Waals surface area contributed by atoms with Gasteiger partial charge in [-0.1, -0.05) is 44.7 Å². The highest BCUT2D eigenvalue weighted by atomic mass is 16.5. The molecule has 0 aromatic heterocycles. The third-order valence-electron chi connectivity index (χ3n) is 6.26. The van der Waals surface area contributed by atoms with E-state index in [-0.39, 0.29) is 18.7 Å². The van der Waals surface area contributed by atoms with Crippen LogP contribution in [0.25, 0.3) is 6.08 Å². The van der Waals surface area contributed by atoms with Gasteiger partial charge in [0.1, 0.15) is 12.7 Å². The fourth-order valence-corrected chi connectivity index (χ4v) is 4.37. The number of hydrogen-bond acceptors (Lipinski definition) is 6. The lowest BCUT2D eigenvalue weighted by Crippen LogP contribution is -2.24. The second kappa shape index (κ2) is 12.8. The number of carbonyl (C=O) groups is 2. The Morgan fingerprint density at radius 3 is 2.29 bits per heavy atom. The van der Waals surface area contributed by atoms with Gasteiger partial charge in [0.25, 0.3) is 0 Å². The summed E-state index contributed by atoms with van der Waals surface area (Å²) >= 11 is 0. The summed E-state index contributed by atoms with van der Waals surface area (Å²) in [5, 5.41) is 0.